The van der Waals surface area contributed by atoms with Crippen LogP contribution in [0, 0.1) is 5.82 Å². The maximum atomic E-state index is 13.7. The van der Waals surface area contributed by atoms with E-state index in [9.17, 15) is 9.18 Å². The van der Waals surface area contributed by atoms with Gasteiger partial charge in [0.1, 0.15) is 11.6 Å². The minimum absolute atomic E-state index is 0.140. The van der Waals surface area contributed by atoms with E-state index >= 15 is 0 Å². The van der Waals surface area contributed by atoms with Gasteiger partial charge in [0.25, 0.3) is 0 Å². The number of phenols is 1. The third kappa shape index (κ3) is 2.66. The summed E-state index contributed by atoms with van der Waals surface area (Å²) in [5, 5.41) is 17.8. The van der Waals surface area contributed by atoms with Crippen molar-refractivity contribution in [2.45, 2.75) is 6.42 Å². The first-order valence-corrected chi connectivity index (χ1v) is 5.36. The van der Waals surface area contributed by atoms with Gasteiger partial charge < -0.3 is 10.2 Å². The summed E-state index contributed by atoms with van der Waals surface area (Å²) in [6.07, 6.45) is -0.332. The minimum Gasteiger partial charge on any atom is -0.508 e. The van der Waals surface area contributed by atoms with Gasteiger partial charge >= 0.3 is 5.97 Å². The molecule has 0 unspecified atom stereocenters. The molecule has 0 amide bonds. The SMILES string of the molecule is O=C(O)Cc1ccc(-c2ccc(O)cc2)cc1F. The lowest BCUT2D eigenvalue weighted by Crippen LogP contribution is -2.02. The van der Waals surface area contributed by atoms with Gasteiger partial charge in [-0.3, -0.25) is 4.79 Å². The summed E-state index contributed by atoms with van der Waals surface area (Å²) >= 11 is 0. The van der Waals surface area contributed by atoms with Crippen molar-refractivity contribution in [1.82, 2.24) is 0 Å². The maximum Gasteiger partial charge on any atom is 0.307 e. The van der Waals surface area contributed by atoms with Gasteiger partial charge in [0.15, 0.2) is 0 Å². The Morgan fingerprint density at radius 1 is 1.06 bits per heavy atom. The maximum absolute atomic E-state index is 13.7. The predicted molar refractivity (Wildman–Crippen MR) is 64.8 cm³/mol. The van der Waals surface area contributed by atoms with Crippen molar-refractivity contribution in [3.8, 4) is 16.9 Å². The number of rotatable bonds is 3. The number of hydrogen-bond donors (Lipinski definition) is 2. The number of hydrogen-bond acceptors (Lipinski definition) is 2. The topological polar surface area (TPSA) is 57.5 Å². The molecule has 2 rings (SSSR count). The van der Waals surface area contributed by atoms with Crippen molar-refractivity contribution in [2.75, 3.05) is 0 Å². The lowest BCUT2D eigenvalue weighted by Gasteiger charge is -2.05. The molecule has 0 aliphatic heterocycles. The molecule has 2 aromatic carbocycles. The van der Waals surface area contributed by atoms with Gasteiger partial charge in [-0.05, 0) is 34.9 Å². The van der Waals surface area contributed by atoms with E-state index in [0.717, 1.165) is 5.56 Å². The quantitative estimate of drug-likeness (QED) is 0.875. The highest BCUT2D eigenvalue weighted by atomic mass is 19.1. The molecular formula is C14H11FO3. The van der Waals surface area contributed by atoms with Crippen LogP contribution in [0.5, 0.6) is 5.75 Å². The van der Waals surface area contributed by atoms with Crippen molar-refractivity contribution >= 4 is 5.97 Å². The van der Waals surface area contributed by atoms with Crippen LogP contribution in [0.1, 0.15) is 5.56 Å². The van der Waals surface area contributed by atoms with Gasteiger partial charge in [-0.2, -0.15) is 0 Å². The van der Waals surface area contributed by atoms with Crippen LogP contribution >= 0.6 is 0 Å². The molecule has 92 valence electrons. The highest BCUT2D eigenvalue weighted by molar-refractivity contribution is 5.71. The van der Waals surface area contributed by atoms with Gasteiger partial charge in [-0.15, -0.1) is 0 Å². The third-order valence-electron chi connectivity index (χ3n) is 2.60. The van der Waals surface area contributed by atoms with E-state index in [1.165, 1.54) is 24.3 Å². The molecule has 0 atom stereocenters. The van der Waals surface area contributed by atoms with Gasteiger partial charge in [0.2, 0.25) is 0 Å². The molecule has 0 spiro atoms. The number of aromatic hydroxyl groups is 1. The molecule has 0 fully saturated rings. The predicted octanol–water partition coefficient (Wildman–Crippen LogP) is 2.83. The summed E-state index contributed by atoms with van der Waals surface area (Å²) in [5.74, 6) is -1.46. The molecule has 0 heterocycles. The number of phenolic OH excluding ortho intramolecular Hbond substituents is 1. The average molecular weight is 246 g/mol. The highest BCUT2D eigenvalue weighted by Crippen LogP contribution is 2.24. The van der Waals surface area contributed by atoms with Crippen LogP contribution in [-0.2, 0) is 11.2 Å². The molecule has 2 aromatic rings. The van der Waals surface area contributed by atoms with Gasteiger partial charge in [0, 0.05) is 0 Å². The number of carboxylic acids is 1. The van der Waals surface area contributed by atoms with Gasteiger partial charge in [-0.1, -0.05) is 24.3 Å². The Kier molecular flexibility index (Phi) is 3.28. The number of carbonyl (C=O) groups is 1. The molecule has 3 nitrogen and oxygen atoms in total. The molecule has 0 aromatic heterocycles. The molecule has 0 aliphatic carbocycles. The van der Waals surface area contributed by atoms with E-state index in [-0.39, 0.29) is 17.7 Å². The Balaban J connectivity index is 2.33. The van der Waals surface area contributed by atoms with Crippen LogP contribution in [0.15, 0.2) is 42.5 Å². The van der Waals surface area contributed by atoms with Gasteiger partial charge in [-0.25, -0.2) is 4.39 Å². The molecule has 2 N–H and O–H groups in total. The normalized spacial score (nSPS) is 10.3. The summed E-state index contributed by atoms with van der Waals surface area (Å²) in [6, 6.07) is 10.8. The van der Waals surface area contributed by atoms with Crippen molar-refractivity contribution in [2.24, 2.45) is 0 Å². The zero-order valence-electron chi connectivity index (χ0n) is 9.43. The Labute approximate surface area is 103 Å². The van der Waals surface area contributed by atoms with Gasteiger partial charge in [0.05, 0.1) is 6.42 Å². The number of aliphatic carboxylic acids is 1. The Morgan fingerprint density at radius 3 is 2.22 bits per heavy atom. The number of carboxylic acid groups (broad SMARTS) is 1. The van der Waals surface area contributed by atoms with E-state index in [1.54, 1.807) is 18.2 Å². The van der Waals surface area contributed by atoms with Crippen molar-refractivity contribution in [1.29, 1.82) is 0 Å². The first-order chi connectivity index (χ1) is 8.56. The highest BCUT2D eigenvalue weighted by Gasteiger charge is 2.08. The van der Waals surface area contributed by atoms with Crippen LogP contribution in [0.2, 0.25) is 0 Å². The fraction of sp³-hybridized carbons (Fsp3) is 0.0714. The van der Waals surface area contributed by atoms with E-state index in [4.69, 9.17) is 10.2 Å². The largest absolute Gasteiger partial charge is 0.508 e. The molecule has 0 saturated carbocycles. The molecule has 0 aliphatic rings. The molecule has 0 radical (unpaired) electrons. The first-order valence-electron chi connectivity index (χ1n) is 5.36. The number of benzene rings is 2. The fourth-order valence-corrected chi connectivity index (χ4v) is 1.69. The van der Waals surface area contributed by atoms with Crippen molar-refractivity contribution in [3.63, 3.8) is 0 Å². The molecule has 4 heteroatoms. The summed E-state index contributed by atoms with van der Waals surface area (Å²) in [5.41, 5.74) is 1.56. The summed E-state index contributed by atoms with van der Waals surface area (Å²) in [4.78, 5) is 10.5. The molecule has 0 saturated heterocycles. The van der Waals surface area contributed by atoms with E-state index < -0.39 is 11.8 Å². The monoisotopic (exact) mass is 246 g/mol. The van der Waals surface area contributed by atoms with Crippen molar-refractivity contribution < 1.29 is 19.4 Å². The van der Waals surface area contributed by atoms with E-state index in [0.29, 0.717) is 5.56 Å². The van der Waals surface area contributed by atoms with Crippen molar-refractivity contribution in [3.05, 3.63) is 53.8 Å². The second-order valence-corrected chi connectivity index (χ2v) is 3.92. The molecule has 18 heavy (non-hydrogen) atoms. The second-order valence-electron chi connectivity index (χ2n) is 3.92. The standard InChI is InChI=1S/C14H11FO3/c15-13-7-10(1-2-11(13)8-14(17)18)9-3-5-12(16)6-4-9/h1-7,16H,8H2,(H,17,18). The van der Waals surface area contributed by atoms with Crippen LogP contribution in [0.25, 0.3) is 11.1 Å². The zero-order valence-corrected chi connectivity index (χ0v) is 9.43. The lowest BCUT2D eigenvalue weighted by atomic mass is 10.0. The fourth-order valence-electron chi connectivity index (χ4n) is 1.69. The lowest BCUT2D eigenvalue weighted by molar-refractivity contribution is -0.136. The van der Waals surface area contributed by atoms with Crippen LogP contribution in [-0.4, -0.2) is 16.2 Å². The smallest absolute Gasteiger partial charge is 0.307 e. The minimum atomic E-state index is -1.06. The average Bonchev–Trinajstić information content (AvgIpc) is 2.32. The Hall–Kier alpha value is -2.36. The summed E-state index contributed by atoms with van der Waals surface area (Å²) in [6.45, 7) is 0. The molecular weight excluding hydrogens is 235 g/mol. The van der Waals surface area contributed by atoms with Crippen LogP contribution in [0.4, 0.5) is 4.39 Å². The van der Waals surface area contributed by atoms with E-state index in [2.05, 4.69) is 0 Å². The third-order valence-corrected chi connectivity index (χ3v) is 2.60. The van der Waals surface area contributed by atoms with Crippen LogP contribution < -0.4 is 0 Å². The summed E-state index contributed by atoms with van der Waals surface area (Å²) < 4.78 is 13.7. The second kappa shape index (κ2) is 4.87. The first kappa shape index (κ1) is 12.1. The summed E-state index contributed by atoms with van der Waals surface area (Å²) in [7, 11) is 0. The van der Waals surface area contributed by atoms with E-state index in [1.807, 2.05) is 0 Å². The van der Waals surface area contributed by atoms with Crippen LogP contribution in [0.3, 0.4) is 0 Å². The Morgan fingerprint density at radius 2 is 1.67 bits per heavy atom. The number of halogens is 1. The molecule has 0 bridgehead atoms. The Bertz CT molecular complexity index is 576. The zero-order chi connectivity index (χ0) is 13.1.